The highest BCUT2D eigenvalue weighted by Crippen LogP contribution is 2.26. The van der Waals surface area contributed by atoms with E-state index in [0.717, 1.165) is 31.7 Å². The van der Waals surface area contributed by atoms with Crippen LogP contribution in [0.15, 0.2) is 18.3 Å². The summed E-state index contributed by atoms with van der Waals surface area (Å²) in [7, 11) is 0. The molecule has 0 bridgehead atoms. The Hall–Kier alpha value is -1.78. The van der Waals surface area contributed by atoms with Crippen LogP contribution in [0.1, 0.15) is 19.3 Å². The summed E-state index contributed by atoms with van der Waals surface area (Å²) >= 11 is 0. The third-order valence-corrected chi connectivity index (χ3v) is 3.19. The lowest BCUT2D eigenvalue weighted by Gasteiger charge is -2.32. The lowest BCUT2D eigenvalue weighted by Crippen LogP contribution is -2.35. The molecule has 0 radical (unpaired) electrons. The molecule has 92 valence electrons. The molecule has 1 aliphatic heterocycles. The van der Waals surface area contributed by atoms with Gasteiger partial charge in [0.05, 0.1) is 5.69 Å². The Balaban J connectivity index is 1.95. The number of piperidine rings is 1. The minimum atomic E-state index is -0.708. The molecule has 17 heavy (non-hydrogen) atoms. The number of nitrogens with zero attached hydrogens (tertiary/aromatic N) is 2. The maximum atomic E-state index is 10.6. The summed E-state index contributed by atoms with van der Waals surface area (Å²) in [5.74, 6) is 0.399. The van der Waals surface area contributed by atoms with Gasteiger partial charge in [0.15, 0.2) is 5.82 Å². The van der Waals surface area contributed by atoms with Crippen LogP contribution < -0.4 is 10.6 Å². The third-order valence-electron chi connectivity index (χ3n) is 3.19. The zero-order chi connectivity index (χ0) is 12.3. The van der Waals surface area contributed by atoms with Crippen molar-refractivity contribution in [1.82, 2.24) is 4.98 Å². The van der Waals surface area contributed by atoms with E-state index in [1.54, 1.807) is 6.20 Å². The van der Waals surface area contributed by atoms with Crippen LogP contribution in [-0.2, 0) is 4.79 Å². The molecule has 0 aromatic carbocycles. The molecular weight excluding hydrogens is 218 g/mol. The van der Waals surface area contributed by atoms with Crippen LogP contribution in [0.4, 0.5) is 11.5 Å². The van der Waals surface area contributed by atoms with Gasteiger partial charge in [-0.25, -0.2) is 4.98 Å². The van der Waals surface area contributed by atoms with Gasteiger partial charge in [0.2, 0.25) is 0 Å². The van der Waals surface area contributed by atoms with Crippen molar-refractivity contribution in [3.8, 4) is 0 Å². The first-order valence-corrected chi connectivity index (χ1v) is 5.84. The summed E-state index contributed by atoms with van der Waals surface area (Å²) < 4.78 is 0. The molecule has 0 aliphatic carbocycles. The highest BCUT2D eigenvalue weighted by Gasteiger charge is 2.22. The molecule has 0 unspecified atom stereocenters. The molecule has 1 aromatic heterocycles. The summed E-state index contributed by atoms with van der Waals surface area (Å²) in [5, 5.41) is 8.75. The molecule has 1 aliphatic rings. The number of hydrogen-bond donors (Lipinski definition) is 2. The van der Waals surface area contributed by atoms with Crippen LogP contribution in [0.25, 0.3) is 0 Å². The molecular formula is C12H17N3O2. The first kappa shape index (κ1) is 11.7. The molecule has 2 rings (SSSR count). The lowest BCUT2D eigenvalue weighted by atomic mass is 9.93. The highest BCUT2D eigenvalue weighted by molar-refractivity contribution is 5.67. The molecule has 0 spiro atoms. The number of carbonyl (C=O) groups is 1. The molecule has 1 saturated heterocycles. The molecule has 0 atom stereocenters. The van der Waals surface area contributed by atoms with Gasteiger partial charge in [-0.05, 0) is 30.9 Å². The van der Waals surface area contributed by atoms with E-state index in [-0.39, 0.29) is 12.3 Å². The van der Waals surface area contributed by atoms with Crippen molar-refractivity contribution in [1.29, 1.82) is 0 Å². The summed E-state index contributed by atoms with van der Waals surface area (Å²) in [4.78, 5) is 17.0. The maximum Gasteiger partial charge on any atom is 0.303 e. The smallest absolute Gasteiger partial charge is 0.303 e. The average molecular weight is 235 g/mol. The van der Waals surface area contributed by atoms with Gasteiger partial charge in [0.25, 0.3) is 0 Å². The van der Waals surface area contributed by atoms with Crippen LogP contribution in [0.3, 0.4) is 0 Å². The zero-order valence-electron chi connectivity index (χ0n) is 9.67. The summed E-state index contributed by atoms with van der Waals surface area (Å²) in [6, 6.07) is 3.65. The minimum absolute atomic E-state index is 0.269. The van der Waals surface area contributed by atoms with Crippen molar-refractivity contribution in [2.24, 2.45) is 5.92 Å². The van der Waals surface area contributed by atoms with E-state index in [0.29, 0.717) is 5.69 Å². The van der Waals surface area contributed by atoms with Gasteiger partial charge in [-0.1, -0.05) is 0 Å². The van der Waals surface area contributed by atoms with Gasteiger partial charge < -0.3 is 15.7 Å². The molecule has 1 aromatic rings. The Morgan fingerprint density at radius 2 is 2.24 bits per heavy atom. The Kier molecular flexibility index (Phi) is 3.46. The molecule has 5 heteroatoms. The van der Waals surface area contributed by atoms with Crippen LogP contribution in [0.2, 0.25) is 0 Å². The number of rotatable bonds is 3. The lowest BCUT2D eigenvalue weighted by molar-refractivity contribution is -0.138. The standard InChI is InChI=1S/C12H17N3O2/c13-10-2-1-5-14-12(10)15-6-3-9(4-7-15)8-11(16)17/h1-2,5,9H,3-4,6-8,13H2,(H,16,17). The van der Waals surface area contributed by atoms with Crippen molar-refractivity contribution < 1.29 is 9.90 Å². The second kappa shape index (κ2) is 5.03. The van der Waals surface area contributed by atoms with Crippen molar-refractivity contribution in [3.63, 3.8) is 0 Å². The van der Waals surface area contributed by atoms with Crippen LogP contribution in [0, 0.1) is 5.92 Å². The predicted molar refractivity (Wildman–Crippen MR) is 65.8 cm³/mol. The van der Waals surface area contributed by atoms with Gasteiger partial charge in [0, 0.05) is 25.7 Å². The quantitative estimate of drug-likeness (QED) is 0.826. The van der Waals surface area contributed by atoms with Crippen LogP contribution in [-0.4, -0.2) is 29.1 Å². The fraction of sp³-hybridized carbons (Fsp3) is 0.500. The maximum absolute atomic E-state index is 10.6. The number of aromatic nitrogens is 1. The average Bonchev–Trinajstić information content (AvgIpc) is 2.30. The molecule has 1 fully saturated rings. The molecule has 0 amide bonds. The number of nitrogen functional groups attached to an aromatic ring is 1. The van der Waals surface area contributed by atoms with Gasteiger partial charge in [0.1, 0.15) is 0 Å². The molecule has 2 heterocycles. The Labute approximate surface area is 100 Å². The normalized spacial score (nSPS) is 17.1. The monoisotopic (exact) mass is 235 g/mol. The van der Waals surface area contributed by atoms with E-state index in [1.165, 1.54) is 0 Å². The van der Waals surface area contributed by atoms with E-state index in [4.69, 9.17) is 10.8 Å². The number of nitrogens with two attached hydrogens (primary N) is 1. The number of carboxylic acids is 1. The number of pyridine rings is 1. The van der Waals surface area contributed by atoms with Crippen LogP contribution in [0.5, 0.6) is 0 Å². The fourth-order valence-corrected chi connectivity index (χ4v) is 2.27. The number of carboxylic acid groups (broad SMARTS) is 1. The topological polar surface area (TPSA) is 79.5 Å². The van der Waals surface area contributed by atoms with Gasteiger partial charge in [-0.15, -0.1) is 0 Å². The van der Waals surface area contributed by atoms with Gasteiger partial charge in [-0.3, -0.25) is 4.79 Å². The number of anilines is 2. The summed E-state index contributed by atoms with van der Waals surface area (Å²) in [6.45, 7) is 1.66. The van der Waals surface area contributed by atoms with E-state index < -0.39 is 5.97 Å². The van der Waals surface area contributed by atoms with Crippen LogP contribution >= 0.6 is 0 Å². The van der Waals surface area contributed by atoms with E-state index in [2.05, 4.69) is 9.88 Å². The highest BCUT2D eigenvalue weighted by atomic mass is 16.4. The second-order valence-electron chi connectivity index (χ2n) is 4.44. The third kappa shape index (κ3) is 2.87. The number of aliphatic carboxylic acids is 1. The summed E-state index contributed by atoms with van der Waals surface area (Å²) in [5.41, 5.74) is 6.55. The van der Waals surface area contributed by atoms with E-state index in [9.17, 15) is 4.79 Å². The van der Waals surface area contributed by atoms with E-state index in [1.807, 2.05) is 12.1 Å². The fourth-order valence-electron chi connectivity index (χ4n) is 2.27. The number of hydrogen-bond acceptors (Lipinski definition) is 4. The molecule has 3 N–H and O–H groups in total. The largest absolute Gasteiger partial charge is 0.481 e. The van der Waals surface area contributed by atoms with Gasteiger partial charge in [-0.2, -0.15) is 0 Å². The second-order valence-corrected chi connectivity index (χ2v) is 4.44. The summed E-state index contributed by atoms with van der Waals surface area (Å²) in [6.07, 6.45) is 3.78. The molecule has 0 saturated carbocycles. The SMILES string of the molecule is Nc1cccnc1N1CCC(CC(=O)O)CC1. The Morgan fingerprint density at radius 3 is 2.82 bits per heavy atom. The molecule has 5 nitrogen and oxygen atoms in total. The first-order valence-electron chi connectivity index (χ1n) is 5.84. The Morgan fingerprint density at radius 1 is 1.53 bits per heavy atom. The Bertz CT molecular complexity index is 400. The first-order chi connectivity index (χ1) is 8.16. The van der Waals surface area contributed by atoms with Gasteiger partial charge >= 0.3 is 5.97 Å². The van der Waals surface area contributed by atoms with Crippen molar-refractivity contribution in [2.45, 2.75) is 19.3 Å². The zero-order valence-corrected chi connectivity index (χ0v) is 9.67. The van der Waals surface area contributed by atoms with Crippen molar-refractivity contribution in [2.75, 3.05) is 23.7 Å². The predicted octanol–water partition coefficient (Wildman–Crippen LogP) is 1.35. The minimum Gasteiger partial charge on any atom is -0.481 e. The van der Waals surface area contributed by atoms with Crippen molar-refractivity contribution >= 4 is 17.5 Å². The van der Waals surface area contributed by atoms with E-state index >= 15 is 0 Å². The van der Waals surface area contributed by atoms with Crippen molar-refractivity contribution in [3.05, 3.63) is 18.3 Å².